The fourth-order valence-electron chi connectivity index (χ4n) is 1.89. The van der Waals surface area contributed by atoms with Crippen molar-refractivity contribution in [3.05, 3.63) is 24.3 Å². The van der Waals surface area contributed by atoms with E-state index < -0.39 is 0 Å². The van der Waals surface area contributed by atoms with E-state index in [9.17, 15) is 4.79 Å². The lowest BCUT2D eigenvalue weighted by molar-refractivity contribution is -0.117. The first-order valence-electron chi connectivity index (χ1n) is 6.54. The Labute approximate surface area is 117 Å². The number of benzene rings is 1. The number of imidazole rings is 1. The molecule has 2 aromatic rings. The number of para-hydroxylation sites is 2. The molecule has 2 N–H and O–H groups in total. The van der Waals surface area contributed by atoms with Crippen LogP contribution in [0.2, 0.25) is 0 Å². The Morgan fingerprint density at radius 3 is 2.89 bits per heavy atom. The number of fused-ring (bicyclic) bond motifs is 1. The molecular formula is C14H19N3OS. The Hall–Kier alpha value is -1.49. The quantitative estimate of drug-likeness (QED) is 0.826. The molecule has 0 radical (unpaired) electrons. The van der Waals surface area contributed by atoms with Crippen molar-refractivity contribution in [1.29, 1.82) is 0 Å². The van der Waals surface area contributed by atoms with Gasteiger partial charge in [-0.1, -0.05) is 37.2 Å². The van der Waals surface area contributed by atoms with Crippen molar-refractivity contribution in [2.45, 2.75) is 43.6 Å². The van der Waals surface area contributed by atoms with Crippen LogP contribution in [-0.2, 0) is 11.3 Å². The summed E-state index contributed by atoms with van der Waals surface area (Å²) in [6.07, 6.45) is 2.22. The summed E-state index contributed by atoms with van der Waals surface area (Å²) in [5, 5.41) is 0.609. The summed E-state index contributed by atoms with van der Waals surface area (Å²) >= 11 is 1.43. The van der Waals surface area contributed by atoms with E-state index in [1.54, 1.807) is 0 Å². The molecule has 1 aromatic heterocycles. The van der Waals surface area contributed by atoms with Crippen molar-refractivity contribution < 1.29 is 4.79 Å². The summed E-state index contributed by atoms with van der Waals surface area (Å²) in [5.74, 6) is -0.306. The van der Waals surface area contributed by atoms with Crippen LogP contribution in [0.25, 0.3) is 11.0 Å². The van der Waals surface area contributed by atoms with Crippen LogP contribution in [0.3, 0.4) is 0 Å². The number of unbranched alkanes of at least 4 members (excludes halogenated alkanes) is 1. The molecule has 4 nitrogen and oxygen atoms in total. The molecule has 0 aliphatic rings. The van der Waals surface area contributed by atoms with E-state index in [2.05, 4.69) is 22.5 Å². The average Bonchev–Trinajstić information content (AvgIpc) is 2.73. The molecule has 5 heteroatoms. The maximum atomic E-state index is 11.2. The lowest BCUT2D eigenvalue weighted by atomic mass is 10.3. The molecule has 0 spiro atoms. The van der Waals surface area contributed by atoms with Gasteiger partial charge in [0, 0.05) is 6.54 Å². The van der Waals surface area contributed by atoms with E-state index >= 15 is 0 Å². The number of hydrogen-bond acceptors (Lipinski definition) is 3. The number of aryl methyl sites for hydroxylation is 1. The first-order chi connectivity index (χ1) is 9.13. The first-order valence-corrected chi connectivity index (χ1v) is 7.42. The number of primary amides is 1. The zero-order valence-electron chi connectivity index (χ0n) is 11.3. The average molecular weight is 277 g/mol. The lowest BCUT2D eigenvalue weighted by Crippen LogP contribution is -2.23. The highest BCUT2D eigenvalue weighted by atomic mass is 32.2. The summed E-state index contributed by atoms with van der Waals surface area (Å²) in [5.41, 5.74) is 7.42. The highest BCUT2D eigenvalue weighted by Crippen LogP contribution is 2.27. The lowest BCUT2D eigenvalue weighted by Gasteiger charge is -2.10. The first kappa shape index (κ1) is 13.9. The van der Waals surface area contributed by atoms with Crippen molar-refractivity contribution in [3.63, 3.8) is 0 Å². The predicted octanol–water partition coefficient (Wildman–Crippen LogP) is 2.80. The number of nitrogens with two attached hydrogens (primary N) is 1. The van der Waals surface area contributed by atoms with E-state index in [0.717, 1.165) is 35.6 Å². The fourth-order valence-corrected chi connectivity index (χ4v) is 2.79. The van der Waals surface area contributed by atoms with Crippen LogP contribution in [0, 0.1) is 0 Å². The summed E-state index contributed by atoms with van der Waals surface area (Å²) in [6.45, 7) is 4.90. The van der Waals surface area contributed by atoms with Crippen molar-refractivity contribution >= 4 is 28.7 Å². The second kappa shape index (κ2) is 6.10. The Bertz CT molecular complexity index is 579. The molecule has 1 unspecified atom stereocenters. The molecule has 1 amide bonds. The molecule has 2 rings (SSSR count). The summed E-state index contributed by atoms with van der Waals surface area (Å²) in [4.78, 5) is 15.8. The van der Waals surface area contributed by atoms with Gasteiger partial charge in [-0.25, -0.2) is 4.98 Å². The third-order valence-electron chi connectivity index (χ3n) is 3.04. The van der Waals surface area contributed by atoms with Gasteiger partial charge < -0.3 is 10.3 Å². The Balaban J connectivity index is 2.37. The summed E-state index contributed by atoms with van der Waals surface area (Å²) in [6, 6.07) is 8.05. The van der Waals surface area contributed by atoms with Crippen LogP contribution < -0.4 is 5.73 Å². The van der Waals surface area contributed by atoms with Crippen LogP contribution in [0.4, 0.5) is 0 Å². The summed E-state index contributed by atoms with van der Waals surface area (Å²) < 4.78 is 2.18. The molecule has 0 aliphatic heterocycles. The topological polar surface area (TPSA) is 60.9 Å². The van der Waals surface area contributed by atoms with Crippen molar-refractivity contribution in [2.75, 3.05) is 0 Å². The molecule has 1 atom stereocenters. The van der Waals surface area contributed by atoms with Crippen LogP contribution in [0.1, 0.15) is 26.7 Å². The molecule has 1 heterocycles. The zero-order valence-corrected chi connectivity index (χ0v) is 12.1. The molecule has 1 aromatic carbocycles. The van der Waals surface area contributed by atoms with Crippen molar-refractivity contribution in [3.8, 4) is 0 Å². The largest absolute Gasteiger partial charge is 0.369 e. The van der Waals surface area contributed by atoms with Gasteiger partial charge in [0.15, 0.2) is 5.16 Å². The number of thioether (sulfide) groups is 1. The van der Waals surface area contributed by atoms with Crippen LogP contribution in [0.5, 0.6) is 0 Å². The Morgan fingerprint density at radius 2 is 2.21 bits per heavy atom. The molecule has 19 heavy (non-hydrogen) atoms. The van der Waals surface area contributed by atoms with E-state index in [1.165, 1.54) is 11.8 Å². The van der Waals surface area contributed by atoms with Gasteiger partial charge in [0.25, 0.3) is 0 Å². The molecule has 0 saturated heterocycles. The second-order valence-corrected chi connectivity index (χ2v) is 5.86. The van der Waals surface area contributed by atoms with Gasteiger partial charge in [-0.2, -0.15) is 0 Å². The zero-order chi connectivity index (χ0) is 13.8. The SMILES string of the molecule is CCCCn1c(SC(C)C(N)=O)nc2ccccc21. The Morgan fingerprint density at radius 1 is 1.47 bits per heavy atom. The fraction of sp³-hybridized carbons (Fsp3) is 0.429. The minimum atomic E-state index is -0.306. The van der Waals surface area contributed by atoms with Gasteiger partial charge in [0.1, 0.15) is 0 Å². The third-order valence-corrected chi connectivity index (χ3v) is 4.15. The van der Waals surface area contributed by atoms with E-state index in [4.69, 9.17) is 5.73 Å². The van der Waals surface area contributed by atoms with Gasteiger partial charge in [0.05, 0.1) is 16.3 Å². The van der Waals surface area contributed by atoms with Gasteiger partial charge in [-0.3, -0.25) is 4.79 Å². The molecule has 102 valence electrons. The van der Waals surface area contributed by atoms with Crippen LogP contribution in [-0.4, -0.2) is 20.7 Å². The number of hydrogen-bond donors (Lipinski definition) is 1. The van der Waals surface area contributed by atoms with E-state index in [1.807, 2.05) is 25.1 Å². The number of rotatable bonds is 6. The van der Waals surface area contributed by atoms with Crippen molar-refractivity contribution in [2.24, 2.45) is 5.73 Å². The molecule has 0 saturated carbocycles. The Kier molecular flexibility index (Phi) is 4.47. The van der Waals surface area contributed by atoms with Crippen molar-refractivity contribution in [1.82, 2.24) is 9.55 Å². The number of carbonyl (C=O) groups excluding carboxylic acids is 1. The molecule has 0 fully saturated rings. The van der Waals surface area contributed by atoms with Gasteiger partial charge >= 0.3 is 0 Å². The smallest absolute Gasteiger partial charge is 0.230 e. The van der Waals surface area contributed by atoms with Gasteiger partial charge in [0.2, 0.25) is 5.91 Å². The third kappa shape index (κ3) is 3.10. The molecular weight excluding hydrogens is 258 g/mol. The number of aromatic nitrogens is 2. The molecule has 0 aliphatic carbocycles. The maximum absolute atomic E-state index is 11.2. The van der Waals surface area contributed by atoms with Crippen LogP contribution in [0.15, 0.2) is 29.4 Å². The number of carbonyl (C=O) groups is 1. The monoisotopic (exact) mass is 277 g/mol. The van der Waals surface area contributed by atoms with Gasteiger partial charge in [-0.15, -0.1) is 0 Å². The van der Waals surface area contributed by atoms with Gasteiger partial charge in [-0.05, 0) is 25.5 Å². The van der Waals surface area contributed by atoms with Crippen LogP contribution >= 0.6 is 11.8 Å². The summed E-state index contributed by atoms with van der Waals surface area (Å²) in [7, 11) is 0. The second-order valence-electron chi connectivity index (χ2n) is 4.55. The standard InChI is InChI=1S/C14H19N3OS/c1-3-4-9-17-12-8-6-5-7-11(12)16-14(17)19-10(2)13(15)18/h5-8,10H,3-4,9H2,1-2H3,(H2,15,18). The maximum Gasteiger partial charge on any atom is 0.230 e. The minimum Gasteiger partial charge on any atom is -0.369 e. The van der Waals surface area contributed by atoms with E-state index in [0.29, 0.717) is 0 Å². The highest BCUT2D eigenvalue weighted by molar-refractivity contribution is 8.00. The minimum absolute atomic E-state index is 0.266. The normalized spacial score (nSPS) is 12.7. The molecule has 0 bridgehead atoms. The number of nitrogens with zero attached hydrogens (tertiary/aromatic N) is 2. The number of amides is 1. The van der Waals surface area contributed by atoms with E-state index in [-0.39, 0.29) is 11.2 Å². The highest BCUT2D eigenvalue weighted by Gasteiger charge is 2.16. The predicted molar refractivity (Wildman–Crippen MR) is 79.2 cm³/mol.